The van der Waals surface area contributed by atoms with Gasteiger partial charge >= 0.3 is 0 Å². The number of hydrogen-bond donors (Lipinski definition) is 1. The van der Waals surface area contributed by atoms with Gasteiger partial charge in [0.05, 0.1) is 22.5 Å². The van der Waals surface area contributed by atoms with Crippen LogP contribution in [0.25, 0.3) is 0 Å². The summed E-state index contributed by atoms with van der Waals surface area (Å²) in [7, 11) is 0. The Morgan fingerprint density at radius 3 is 2.89 bits per heavy atom. The summed E-state index contributed by atoms with van der Waals surface area (Å²) in [6.07, 6.45) is 3.13. The Balaban J connectivity index is 2.01. The molecule has 1 fully saturated rings. The first kappa shape index (κ1) is 14.1. The van der Waals surface area contributed by atoms with E-state index in [0.29, 0.717) is 17.3 Å². The summed E-state index contributed by atoms with van der Waals surface area (Å²) in [4.78, 5) is 4.12. The molecule has 2 atom stereocenters. The van der Waals surface area contributed by atoms with Crippen molar-refractivity contribution in [2.75, 3.05) is 11.9 Å². The van der Waals surface area contributed by atoms with Crippen molar-refractivity contribution in [3.05, 3.63) is 21.9 Å². The van der Waals surface area contributed by atoms with E-state index in [1.165, 1.54) is 0 Å². The van der Waals surface area contributed by atoms with Crippen LogP contribution in [0.15, 0.2) is 16.7 Å². The van der Waals surface area contributed by atoms with E-state index in [2.05, 4.69) is 40.1 Å². The molecule has 1 aromatic heterocycles. The summed E-state index contributed by atoms with van der Waals surface area (Å²) in [6.45, 7) is 7.27. The Morgan fingerprint density at radius 2 is 2.33 bits per heavy atom. The van der Waals surface area contributed by atoms with Gasteiger partial charge in [0, 0.05) is 18.1 Å². The number of anilines is 1. The fourth-order valence-electron chi connectivity index (χ4n) is 2.32. The highest BCUT2D eigenvalue weighted by molar-refractivity contribution is 9.10. The lowest BCUT2D eigenvalue weighted by molar-refractivity contribution is -0.0976. The maximum Gasteiger partial charge on any atom is 0.143 e. The van der Waals surface area contributed by atoms with Crippen LogP contribution in [0, 0.1) is 5.41 Å². The summed E-state index contributed by atoms with van der Waals surface area (Å²) < 4.78 is 6.53. The van der Waals surface area contributed by atoms with Crippen LogP contribution >= 0.6 is 27.5 Å². The van der Waals surface area contributed by atoms with Gasteiger partial charge < -0.3 is 10.1 Å². The topological polar surface area (TPSA) is 34.1 Å². The SMILES string of the molecule is CCOC1CC(Nc2cnc(Cl)c(Br)c2)C1(C)C. The highest BCUT2D eigenvalue weighted by Crippen LogP contribution is 2.44. The summed E-state index contributed by atoms with van der Waals surface area (Å²) in [5.41, 5.74) is 1.13. The second-order valence-corrected chi connectivity index (χ2v) is 6.41. The lowest BCUT2D eigenvalue weighted by atomic mass is 9.64. The number of pyridine rings is 1. The van der Waals surface area contributed by atoms with Gasteiger partial charge in [0.2, 0.25) is 0 Å². The summed E-state index contributed by atoms with van der Waals surface area (Å²) in [5, 5.41) is 3.98. The van der Waals surface area contributed by atoms with Gasteiger partial charge in [0.1, 0.15) is 5.15 Å². The van der Waals surface area contributed by atoms with Crippen molar-refractivity contribution >= 4 is 33.2 Å². The van der Waals surface area contributed by atoms with Crippen LogP contribution in [-0.4, -0.2) is 23.7 Å². The molecule has 1 heterocycles. The molecule has 100 valence electrons. The third-order valence-corrected chi connectivity index (χ3v) is 4.82. The van der Waals surface area contributed by atoms with Gasteiger partial charge in [-0.2, -0.15) is 0 Å². The van der Waals surface area contributed by atoms with Crippen LogP contribution in [-0.2, 0) is 4.74 Å². The molecule has 1 N–H and O–H groups in total. The van der Waals surface area contributed by atoms with E-state index in [9.17, 15) is 0 Å². The molecule has 1 aliphatic rings. The van der Waals surface area contributed by atoms with Crippen LogP contribution in [0.2, 0.25) is 5.15 Å². The summed E-state index contributed by atoms with van der Waals surface area (Å²) >= 11 is 9.26. The van der Waals surface area contributed by atoms with Crippen LogP contribution < -0.4 is 5.32 Å². The second kappa shape index (κ2) is 5.35. The third-order valence-electron chi connectivity index (χ3n) is 3.68. The van der Waals surface area contributed by atoms with Crippen molar-refractivity contribution in [1.29, 1.82) is 0 Å². The van der Waals surface area contributed by atoms with E-state index in [1.807, 2.05) is 13.0 Å². The summed E-state index contributed by atoms with van der Waals surface area (Å²) in [5.74, 6) is 0. The average Bonchev–Trinajstić information content (AvgIpc) is 2.32. The minimum atomic E-state index is 0.141. The number of nitrogens with one attached hydrogen (secondary N) is 1. The van der Waals surface area contributed by atoms with Crippen molar-refractivity contribution in [3.8, 4) is 0 Å². The van der Waals surface area contributed by atoms with E-state index in [0.717, 1.165) is 23.2 Å². The van der Waals surface area contributed by atoms with Crippen LogP contribution in [0.4, 0.5) is 5.69 Å². The Labute approximate surface area is 121 Å². The number of hydrogen-bond acceptors (Lipinski definition) is 3. The molecule has 18 heavy (non-hydrogen) atoms. The van der Waals surface area contributed by atoms with E-state index in [1.54, 1.807) is 6.20 Å². The highest BCUT2D eigenvalue weighted by atomic mass is 79.9. The molecule has 0 aliphatic heterocycles. The standard InChI is InChI=1S/C13H18BrClN2O/c1-4-18-11-6-10(13(11,2)3)17-8-5-9(14)12(15)16-7-8/h5,7,10-11,17H,4,6H2,1-3H3. The molecule has 2 unspecified atom stereocenters. The van der Waals surface area contributed by atoms with Crippen molar-refractivity contribution < 1.29 is 4.74 Å². The highest BCUT2D eigenvalue weighted by Gasteiger charge is 2.48. The van der Waals surface area contributed by atoms with E-state index in [-0.39, 0.29) is 5.41 Å². The molecule has 1 aromatic rings. The average molecular weight is 334 g/mol. The monoisotopic (exact) mass is 332 g/mol. The number of ether oxygens (including phenoxy) is 1. The fraction of sp³-hybridized carbons (Fsp3) is 0.615. The van der Waals surface area contributed by atoms with Gasteiger partial charge in [-0.3, -0.25) is 0 Å². The maximum absolute atomic E-state index is 5.88. The predicted molar refractivity (Wildman–Crippen MR) is 78.2 cm³/mol. The number of aromatic nitrogens is 1. The maximum atomic E-state index is 5.88. The Morgan fingerprint density at radius 1 is 1.61 bits per heavy atom. The largest absolute Gasteiger partial charge is 0.380 e. The van der Waals surface area contributed by atoms with Crippen molar-refractivity contribution in [1.82, 2.24) is 4.98 Å². The number of nitrogens with zero attached hydrogens (tertiary/aromatic N) is 1. The van der Waals surface area contributed by atoms with Crippen LogP contribution in [0.3, 0.4) is 0 Å². The molecule has 0 spiro atoms. The third kappa shape index (κ3) is 2.65. The van der Waals surface area contributed by atoms with Crippen LogP contribution in [0.5, 0.6) is 0 Å². The molecule has 0 saturated heterocycles. The van der Waals surface area contributed by atoms with Gasteiger partial charge in [-0.25, -0.2) is 4.98 Å². The minimum absolute atomic E-state index is 0.141. The molecule has 3 nitrogen and oxygen atoms in total. The Kier molecular flexibility index (Phi) is 4.19. The van der Waals surface area contributed by atoms with Crippen molar-refractivity contribution in [2.45, 2.75) is 39.3 Å². The predicted octanol–water partition coefficient (Wildman–Crippen LogP) is 4.11. The van der Waals surface area contributed by atoms with Gasteiger partial charge in [-0.1, -0.05) is 25.4 Å². The van der Waals surface area contributed by atoms with Gasteiger partial charge in [0.25, 0.3) is 0 Å². The number of halogens is 2. The molecule has 1 saturated carbocycles. The van der Waals surface area contributed by atoms with Gasteiger partial charge in [-0.05, 0) is 35.3 Å². The Hall–Kier alpha value is -0.320. The van der Waals surface area contributed by atoms with Gasteiger partial charge in [-0.15, -0.1) is 0 Å². The molecule has 1 aliphatic carbocycles. The summed E-state index contributed by atoms with van der Waals surface area (Å²) in [6, 6.07) is 2.36. The molecule has 0 amide bonds. The smallest absolute Gasteiger partial charge is 0.143 e. The molecule has 2 rings (SSSR count). The molecular formula is C13H18BrClN2O. The van der Waals surface area contributed by atoms with E-state index < -0.39 is 0 Å². The quantitative estimate of drug-likeness (QED) is 0.842. The van der Waals surface area contributed by atoms with Gasteiger partial charge in [0.15, 0.2) is 0 Å². The lowest BCUT2D eigenvalue weighted by Gasteiger charge is -2.52. The Bertz CT molecular complexity index is 439. The molecular weight excluding hydrogens is 316 g/mol. The molecule has 5 heteroatoms. The zero-order valence-electron chi connectivity index (χ0n) is 10.8. The minimum Gasteiger partial charge on any atom is -0.380 e. The zero-order chi connectivity index (χ0) is 13.3. The van der Waals surface area contributed by atoms with E-state index in [4.69, 9.17) is 16.3 Å². The lowest BCUT2D eigenvalue weighted by Crippen LogP contribution is -2.58. The molecule has 0 radical (unpaired) electrons. The first-order chi connectivity index (χ1) is 8.45. The zero-order valence-corrected chi connectivity index (χ0v) is 13.2. The normalized spacial score (nSPS) is 25.6. The first-order valence-corrected chi connectivity index (χ1v) is 7.31. The fourth-order valence-corrected chi connectivity index (χ4v) is 2.77. The molecule has 0 bridgehead atoms. The van der Waals surface area contributed by atoms with Crippen molar-refractivity contribution in [2.24, 2.45) is 5.41 Å². The number of rotatable bonds is 4. The molecule has 0 aromatic carbocycles. The van der Waals surface area contributed by atoms with E-state index >= 15 is 0 Å². The van der Waals surface area contributed by atoms with Crippen molar-refractivity contribution in [3.63, 3.8) is 0 Å². The second-order valence-electron chi connectivity index (χ2n) is 5.19. The van der Waals surface area contributed by atoms with Crippen LogP contribution in [0.1, 0.15) is 27.2 Å². The first-order valence-electron chi connectivity index (χ1n) is 6.14.